The van der Waals surface area contributed by atoms with E-state index >= 15 is 0 Å². The van der Waals surface area contributed by atoms with Crippen LogP contribution in [0, 0.1) is 0 Å². The largest absolute Gasteiger partial charge is 0.383 e. The number of benzene rings is 1. The molecule has 106 valence electrons. The first-order valence-electron chi connectivity index (χ1n) is 7.13. The van der Waals surface area contributed by atoms with E-state index < -0.39 is 0 Å². The zero-order chi connectivity index (χ0) is 13.9. The van der Waals surface area contributed by atoms with E-state index in [0.29, 0.717) is 12.0 Å². The lowest BCUT2D eigenvalue weighted by molar-refractivity contribution is 0.899. The van der Waals surface area contributed by atoms with Crippen LogP contribution in [0.15, 0.2) is 24.3 Å². The van der Waals surface area contributed by atoms with Crippen molar-refractivity contribution < 1.29 is 0 Å². The van der Waals surface area contributed by atoms with Gasteiger partial charge in [-0.15, -0.1) is 0 Å². The molecule has 1 saturated carbocycles. The molecular formula is C15H20N4S. The predicted molar refractivity (Wildman–Crippen MR) is 84.4 cm³/mol. The molecule has 1 aliphatic rings. The molecule has 0 radical (unpaired) electrons. The zero-order valence-electron chi connectivity index (χ0n) is 11.9. The molecule has 4 nitrogen and oxygen atoms in total. The van der Waals surface area contributed by atoms with E-state index in [9.17, 15) is 0 Å². The lowest BCUT2D eigenvalue weighted by Crippen LogP contribution is -2.10. The molecule has 3 rings (SSSR count). The van der Waals surface area contributed by atoms with Crippen molar-refractivity contribution in [3.05, 3.63) is 35.7 Å². The maximum atomic E-state index is 4.54. The van der Waals surface area contributed by atoms with Gasteiger partial charge in [0.2, 0.25) is 5.13 Å². The summed E-state index contributed by atoms with van der Waals surface area (Å²) in [6.07, 6.45) is 2.50. The Morgan fingerprint density at radius 3 is 2.95 bits per heavy atom. The fourth-order valence-corrected chi connectivity index (χ4v) is 2.74. The lowest BCUT2D eigenvalue weighted by atomic mass is 10.2. The molecule has 0 unspecified atom stereocenters. The Morgan fingerprint density at radius 1 is 1.35 bits per heavy atom. The Bertz CT molecular complexity index is 575. The van der Waals surface area contributed by atoms with Crippen LogP contribution in [0.4, 0.5) is 10.8 Å². The van der Waals surface area contributed by atoms with Crippen molar-refractivity contribution in [2.45, 2.75) is 45.2 Å². The summed E-state index contributed by atoms with van der Waals surface area (Å²) in [6.45, 7) is 5.07. The molecular weight excluding hydrogens is 268 g/mol. The smallest absolute Gasteiger partial charge is 0.202 e. The molecule has 1 fully saturated rings. The maximum Gasteiger partial charge on any atom is 0.202 e. The van der Waals surface area contributed by atoms with Gasteiger partial charge in [0.25, 0.3) is 0 Å². The van der Waals surface area contributed by atoms with Crippen molar-refractivity contribution in [2.24, 2.45) is 0 Å². The first kappa shape index (κ1) is 13.4. The highest BCUT2D eigenvalue weighted by Crippen LogP contribution is 2.39. The summed E-state index contributed by atoms with van der Waals surface area (Å²) in [6, 6.07) is 8.93. The molecule has 20 heavy (non-hydrogen) atoms. The second-order valence-corrected chi connectivity index (χ2v) is 6.34. The zero-order valence-corrected chi connectivity index (χ0v) is 12.7. The van der Waals surface area contributed by atoms with Gasteiger partial charge < -0.3 is 10.6 Å². The molecule has 0 saturated heterocycles. The molecule has 1 heterocycles. The molecule has 0 amide bonds. The van der Waals surface area contributed by atoms with E-state index in [2.05, 4.69) is 58.1 Å². The molecule has 0 atom stereocenters. The van der Waals surface area contributed by atoms with Crippen LogP contribution in [0.3, 0.4) is 0 Å². The molecule has 0 bridgehead atoms. The fraction of sp³-hybridized carbons (Fsp3) is 0.467. The Balaban J connectivity index is 1.59. The molecule has 1 aromatic carbocycles. The van der Waals surface area contributed by atoms with Gasteiger partial charge in [0.1, 0.15) is 5.82 Å². The number of nitrogens with zero attached hydrogens (tertiary/aromatic N) is 2. The normalized spacial score (nSPS) is 14.6. The molecule has 2 aromatic rings. The van der Waals surface area contributed by atoms with Crippen LogP contribution < -0.4 is 10.6 Å². The summed E-state index contributed by atoms with van der Waals surface area (Å²) in [7, 11) is 0. The minimum Gasteiger partial charge on any atom is -0.383 e. The van der Waals surface area contributed by atoms with Crippen LogP contribution in [0.2, 0.25) is 0 Å². The Kier molecular flexibility index (Phi) is 3.87. The van der Waals surface area contributed by atoms with Gasteiger partial charge in [-0.3, -0.25) is 0 Å². The van der Waals surface area contributed by atoms with Crippen LogP contribution in [-0.4, -0.2) is 15.4 Å². The maximum absolute atomic E-state index is 4.54. The van der Waals surface area contributed by atoms with Crippen LogP contribution in [0.5, 0.6) is 0 Å². The van der Waals surface area contributed by atoms with Gasteiger partial charge in [0.15, 0.2) is 0 Å². The third kappa shape index (κ3) is 3.48. The van der Waals surface area contributed by atoms with Gasteiger partial charge in [0, 0.05) is 35.7 Å². The van der Waals surface area contributed by atoms with Crippen molar-refractivity contribution in [1.29, 1.82) is 0 Å². The predicted octanol–water partition coefficient (Wildman–Crippen LogP) is 3.85. The third-order valence-corrected chi connectivity index (χ3v) is 3.90. The lowest BCUT2D eigenvalue weighted by Gasteiger charge is -2.11. The average molecular weight is 288 g/mol. The number of hydrogen-bond acceptors (Lipinski definition) is 5. The van der Waals surface area contributed by atoms with Crippen molar-refractivity contribution >= 4 is 22.4 Å². The van der Waals surface area contributed by atoms with Crippen LogP contribution in [-0.2, 0) is 6.54 Å². The number of aromatic nitrogens is 2. The monoisotopic (exact) mass is 288 g/mol. The van der Waals surface area contributed by atoms with Gasteiger partial charge in [-0.2, -0.15) is 4.37 Å². The average Bonchev–Trinajstić information content (AvgIpc) is 3.16. The van der Waals surface area contributed by atoms with Gasteiger partial charge in [-0.25, -0.2) is 4.98 Å². The highest BCUT2D eigenvalue weighted by molar-refractivity contribution is 7.09. The fourth-order valence-electron chi connectivity index (χ4n) is 2.10. The van der Waals surface area contributed by atoms with Gasteiger partial charge in [0.05, 0.1) is 0 Å². The second kappa shape index (κ2) is 5.79. The highest BCUT2D eigenvalue weighted by Gasteiger charge is 2.27. The van der Waals surface area contributed by atoms with Gasteiger partial charge in [-0.1, -0.05) is 12.1 Å². The minimum absolute atomic E-state index is 0.447. The number of hydrogen-bond donors (Lipinski definition) is 2. The summed E-state index contributed by atoms with van der Waals surface area (Å²) in [4.78, 5) is 4.54. The van der Waals surface area contributed by atoms with Crippen molar-refractivity contribution in [3.63, 3.8) is 0 Å². The van der Waals surface area contributed by atoms with Gasteiger partial charge >= 0.3 is 0 Å². The van der Waals surface area contributed by atoms with Gasteiger partial charge in [-0.05, 0) is 44.4 Å². The van der Waals surface area contributed by atoms with E-state index in [1.54, 1.807) is 0 Å². The molecule has 1 aromatic heterocycles. The molecule has 0 aliphatic heterocycles. The Morgan fingerprint density at radius 2 is 2.20 bits per heavy atom. The minimum atomic E-state index is 0.447. The van der Waals surface area contributed by atoms with Crippen molar-refractivity contribution in [3.8, 4) is 0 Å². The molecule has 0 spiro atoms. The Hall–Kier alpha value is -1.62. The van der Waals surface area contributed by atoms with Crippen LogP contribution in [0.1, 0.15) is 44.0 Å². The molecule has 2 N–H and O–H groups in total. The number of anilines is 2. The number of nitrogens with one attached hydrogen (secondary N) is 2. The topological polar surface area (TPSA) is 49.8 Å². The first-order valence-corrected chi connectivity index (χ1v) is 7.91. The van der Waals surface area contributed by atoms with E-state index in [0.717, 1.165) is 23.2 Å². The second-order valence-electron chi connectivity index (χ2n) is 5.58. The third-order valence-electron chi connectivity index (χ3n) is 3.21. The van der Waals surface area contributed by atoms with Crippen molar-refractivity contribution in [1.82, 2.24) is 9.36 Å². The van der Waals surface area contributed by atoms with Crippen LogP contribution in [0.25, 0.3) is 0 Å². The Labute approximate surface area is 123 Å². The standard InChI is InChI=1S/C15H20N4S/c1-10(2)17-13-5-3-4-11(8-13)9-16-15-18-14(19-20-15)12-6-7-12/h3-5,8,10,12,17H,6-7,9H2,1-2H3,(H,16,18,19). The SMILES string of the molecule is CC(C)Nc1cccc(CNc2nc(C3CC3)ns2)c1. The molecule has 5 heteroatoms. The van der Waals surface area contributed by atoms with Crippen LogP contribution >= 0.6 is 11.5 Å². The summed E-state index contributed by atoms with van der Waals surface area (Å²) >= 11 is 1.46. The van der Waals surface area contributed by atoms with E-state index in [1.807, 2.05) is 0 Å². The van der Waals surface area contributed by atoms with Crippen molar-refractivity contribution in [2.75, 3.05) is 10.6 Å². The van der Waals surface area contributed by atoms with E-state index in [-0.39, 0.29) is 0 Å². The van der Waals surface area contributed by atoms with E-state index in [1.165, 1.54) is 29.9 Å². The summed E-state index contributed by atoms with van der Waals surface area (Å²) in [5, 5.41) is 7.70. The quantitative estimate of drug-likeness (QED) is 0.847. The number of rotatable bonds is 6. The highest BCUT2D eigenvalue weighted by atomic mass is 32.1. The summed E-state index contributed by atoms with van der Waals surface area (Å²) in [5.74, 6) is 1.65. The summed E-state index contributed by atoms with van der Waals surface area (Å²) in [5.41, 5.74) is 2.41. The molecule has 1 aliphatic carbocycles. The first-order chi connectivity index (χ1) is 9.70. The van der Waals surface area contributed by atoms with E-state index in [4.69, 9.17) is 0 Å². The summed E-state index contributed by atoms with van der Waals surface area (Å²) < 4.78 is 4.40.